The van der Waals surface area contributed by atoms with Crippen molar-refractivity contribution >= 4 is 0 Å². The first-order valence-electron chi connectivity index (χ1n) is 6.56. The topological polar surface area (TPSA) is 40.7 Å². The zero-order chi connectivity index (χ0) is 11.2. The zero-order valence-corrected chi connectivity index (χ0v) is 10.2. The van der Waals surface area contributed by atoms with Gasteiger partial charge in [-0.2, -0.15) is 5.10 Å². The highest BCUT2D eigenvalue weighted by molar-refractivity contribution is 4.96. The highest BCUT2D eigenvalue weighted by Crippen LogP contribution is 2.28. The van der Waals surface area contributed by atoms with Gasteiger partial charge in [-0.1, -0.05) is 25.7 Å². The Morgan fingerprint density at radius 1 is 1.50 bits per heavy atom. The summed E-state index contributed by atoms with van der Waals surface area (Å²) >= 11 is 0. The molecule has 1 aromatic heterocycles. The summed E-state index contributed by atoms with van der Waals surface area (Å²) in [5, 5.41) is 10.5. The molecule has 0 bridgehead atoms. The van der Waals surface area contributed by atoms with Crippen LogP contribution in [-0.4, -0.2) is 16.2 Å². The lowest BCUT2D eigenvalue weighted by Gasteiger charge is -2.15. The molecule has 1 fully saturated rings. The molecule has 0 spiro atoms. The van der Waals surface area contributed by atoms with Crippen LogP contribution in [-0.2, 0) is 6.54 Å². The first-order chi connectivity index (χ1) is 7.84. The van der Waals surface area contributed by atoms with E-state index in [2.05, 4.69) is 22.4 Å². The average Bonchev–Trinajstić information content (AvgIpc) is 2.96. The van der Waals surface area contributed by atoms with Crippen LogP contribution in [0.5, 0.6) is 0 Å². The van der Waals surface area contributed by atoms with Gasteiger partial charge in [0, 0.05) is 24.5 Å². The molecule has 2 N–H and O–H groups in total. The van der Waals surface area contributed by atoms with Crippen LogP contribution in [0.25, 0.3) is 0 Å². The fourth-order valence-corrected chi connectivity index (χ4v) is 2.55. The van der Waals surface area contributed by atoms with Crippen molar-refractivity contribution < 1.29 is 0 Å². The van der Waals surface area contributed by atoms with Crippen LogP contribution < -0.4 is 5.32 Å². The molecule has 0 saturated heterocycles. The number of nitrogens with zero attached hydrogens (tertiary/aromatic N) is 1. The molecule has 1 atom stereocenters. The number of H-pyrrole nitrogens is 1. The summed E-state index contributed by atoms with van der Waals surface area (Å²) < 4.78 is 0. The number of rotatable bonds is 6. The molecule has 0 radical (unpaired) electrons. The van der Waals surface area contributed by atoms with E-state index in [1.165, 1.54) is 44.2 Å². The Balaban J connectivity index is 1.58. The fraction of sp³-hybridized carbons (Fsp3) is 0.769. The van der Waals surface area contributed by atoms with E-state index in [4.69, 9.17) is 0 Å². The summed E-state index contributed by atoms with van der Waals surface area (Å²) in [6, 6.07) is 2.64. The molecule has 90 valence electrons. The predicted octanol–water partition coefficient (Wildman–Crippen LogP) is 2.86. The fourth-order valence-electron chi connectivity index (χ4n) is 2.55. The molecule has 1 aromatic rings. The maximum atomic E-state index is 3.94. The van der Waals surface area contributed by atoms with Gasteiger partial charge in [-0.15, -0.1) is 0 Å². The van der Waals surface area contributed by atoms with Gasteiger partial charge in [-0.25, -0.2) is 0 Å². The van der Waals surface area contributed by atoms with Gasteiger partial charge >= 0.3 is 0 Å². The van der Waals surface area contributed by atoms with Crippen LogP contribution in [0.15, 0.2) is 12.3 Å². The van der Waals surface area contributed by atoms with Gasteiger partial charge in [0.1, 0.15) is 0 Å². The van der Waals surface area contributed by atoms with Crippen LogP contribution in [0.3, 0.4) is 0 Å². The van der Waals surface area contributed by atoms with E-state index >= 15 is 0 Å². The number of hydrogen-bond donors (Lipinski definition) is 2. The lowest BCUT2D eigenvalue weighted by Crippen LogP contribution is -2.26. The molecule has 1 aliphatic carbocycles. The Bertz CT molecular complexity index is 275. The first-order valence-corrected chi connectivity index (χ1v) is 6.56. The first kappa shape index (κ1) is 11.6. The monoisotopic (exact) mass is 221 g/mol. The summed E-state index contributed by atoms with van der Waals surface area (Å²) in [6.07, 6.45) is 10.4. The Hall–Kier alpha value is -0.830. The van der Waals surface area contributed by atoms with Gasteiger partial charge < -0.3 is 5.32 Å². The SMILES string of the molecule is CC(CCC1CCCC1)NCc1ccn[nH]1. The van der Waals surface area contributed by atoms with Gasteiger partial charge in [0.15, 0.2) is 0 Å². The Labute approximate surface area is 98.0 Å². The molecule has 1 unspecified atom stereocenters. The van der Waals surface area contributed by atoms with E-state index < -0.39 is 0 Å². The molecule has 0 aliphatic heterocycles. The average molecular weight is 221 g/mol. The maximum Gasteiger partial charge on any atom is 0.0490 e. The Morgan fingerprint density at radius 3 is 3.00 bits per heavy atom. The number of nitrogens with one attached hydrogen (secondary N) is 2. The lowest BCUT2D eigenvalue weighted by molar-refractivity contribution is 0.418. The smallest absolute Gasteiger partial charge is 0.0490 e. The molecule has 1 saturated carbocycles. The van der Waals surface area contributed by atoms with Crippen molar-refractivity contribution in [2.24, 2.45) is 5.92 Å². The van der Waals surface area contributed by atoms with Crippen LogP contribution >= 0.6 is 0 Å². The largest absolute Gasteiger partial charge is 0.309 e. The summed E-state index contributed by atoms with van der Waals surface area (Å²) in [5.74, 6) is 1.01. The summed E-state index contributed by atoms with van der Waals surface area (Å²) in [6.45, 7) is 3.19. The quantitative estimate of drug-likeness (QED) is 0.775. The summed E-state index contributed by atoms with van der Waals surface area (Å²) in [7, 11) is 0. The molecule has 3 heteroatoms. The van der Waals surface area contributed by atoms with E-state index in [0.29, 0.717) is 6.04 Å². The van der Waals surface area contributed by atoms with Crippen LogP contribution in [0, 0.1) is 5.92 Å². The van der Waals surface area contributed by atoms with Crippen molar-refractivity contribution in [1.82, 2.24) is 15.5 Å². The van der Waals surface area contributed by atoms with Crippen molar-refractivity contribution in [2.45, 2.75) is 58.0 Å². The second-order valence-corrected chi connectivity index (χ2v) is 5.09. The van der Waals surface area contributed by atoms with Crippen molar-refractivity contribution in [3.63, 3.8) is 0 Å². The minimum absolute atomic E-state index is 0.615. The molecule has 16 heavy (non-hydrogen) atoms. The van der Waals surface area contributed by atoms with Gasteiger partial charge in [-0.3, -0.25) is 5.10 Å². The molecular formula is C13H23N3. The highest BCUT2D eigenvalue weighted by Gasteiger charge is 2.15. The molecular weight excluding hydrogens is 198 g/mol. The van der Waals surface area contributed by atoms with E-state index in [1.54, 1.807) is 6.20 Å². The number of aromatic nitrogens is 2. The maximum absolute atomic E-state index is 3.94. The van der Waals surface area contributed by atoms with E-state index in [1.807, 2.05) is 6.07 Å². The van der Waals surface area contributed by atoms with Crippen LogP contribution in [0.1, 0.15) is 51.1 Å². The third-order valence-electron chi connectivity index (χ3n) is 3.68. The highest BCUT2D eigenvalue weighted by atomic mass is 15.1. The van der Waals surface area contributed by atoms with Gasteiger partial charge in [0.25, 0.3) is 0 Å². The van der Waals surface area contributed by atoms with Crippen molar-refractivity contribution in [3.8, 4) is 0 Å². The van der Waals surface area contributed by atoms with Crippen LogP contribution in [0.4, 0.5) is 0 Å². The van der Waals surface area contributed by atoms with Crippen molar-refractivity contribution in [3.05, 3.63) is 18.0 Å². The molecule has 0 aromatic carbocycles. The van der Waals surface area contributed by atoms with Crippen molar-refractivity contribution in [1.29, 1.82) is 0 Å². The van der Waals surface area contributed by atoms with Gasteiger partial charge in [-0.05, 0) is 31.7 Å². The van der Waals surface area contributed by atoms with E-state index in [0.717, 1.165) is 12.5 Å². The zero-order valence-electron chi connectivity index (χ0n) is 10.2. The summed E-state index contributed by atoms with van der Waals surface area (Å²) in [4.78, 5) is 0. The Morgan fingerprint density at radius 2 is 2.31 bits per heavy atom. The van der Waals surface area contributed by atoms with E-state index in [9.17, 15) is 0 Å². The molecule has 3 nitrogen and oxygen atoms in total. The predicted molar refractivity (Wildman–Crippen MR) is 66.1 cm³/mol. The lowest BCUT2D eigenvalue weighted by atomic mass is 9.99. The minimum atomic E-state index is 0.615. The molecule has 1 heterocycles. The van der Waals surface area contributed by atoms with Gasteiger partial charge in [0.2, 0.25) is 0 Å². The second-order valence-electron chi connectivity index (χ2n) is 5.09. The molecule has 2 rings (SSSR count). The Kier molecular flexibility index (Phi) is 4.40. The molecule has 1 aliphatic rings. The van der Waals surface area contributed by atoms with Gasteiger partial charge in [0.05, 0.1) is 0 Å². The third-order valence-corrected chi connectivity index (χ3v) is 3.68. The minimum Gasteiger partial charge on any atom is -0.309 e. The number of hydrogen-bond acceptors (Lipinski definition) is 2. The number of aromatic amines is 1. The summed E-state index contributed by atoms with van der Waals surface area (Å²) in [5.41, 5.74) is 1.17. The molecule has 0 amide bonds. The second kappa shape index (κ2) is 6.04. The van der Waals surface area contributed by atoms with E-state index in [-0.39, 0.29) is 0 Å². The third kappa shape index (κ3) is 3.63. The van der Waals surface area contributed by atoms with Crippen LogP contribution in [0.2, 0.25) is 0 Å². The standard InChI is InChI=1S/C13H23N3/c1-11(6-7-12-4-2-3-5-12)14-10-13-8-9-15-16-13/h8-9,11-12,14H,2-7,10H2,1H3,(H,15,16). The normalized spacial score (nSPS) is 19.1. The van der Waals surface area contributed by atoms with Crippen molar-refractivity contribution in [2.75, 3.05) is 0 Å².